The lowest BCUT2D eigenvalue weighted by molar-refractivity contribution is 0.237. The van der Waals surface area contributed by atoms with Crippen LogP contribution in [0.3, 0.4) is 0 Å². The molecule has 0 saturated carbocycles. The standard InChI is InChI=1S/C16H22N2/c1-4-16(2,3)15(18-17)14-11-7-9-12-8-5-6-10-13(12)14/h5-11,15,18H,4,17H2,1-3H3. The highest BCUT2D eigenvalue weighted by Gasteiger charge is 2.29. The van der Waals surface area contributed by atoms with Gasteiger partial charge >= 0.3 is 0 Å². The molecule has 0 bridgehead atoms. The van der Waals surface area contributed by atoms with Crippen LogP contribution in [0.1, 0.15) is 38.8 Å². The molecule has 2 aromatic carbocycles. The molecule has 2 rings (SSSR count). The Morgan fingerprint density at radius 3 is 2.44 bits per heavy atom. The van der Waals surface area contributed by atoms with Crippen molar-refractivity contribution < 1.29 is 0 Å². The van der Waals surface area contributed by atoms with Crippen LogP contribution in [-0.4, -0.2) is 0 Å². The first-order valence-electron chi connectivity index (χ1n) is 6.54. The zero-order valence-corrected chi connectivity index (χ0v) is 11.4. The molecule has 2 heteroatoms. The van der Waals surface area contributed by atoms with Crippen LogP contribution in [0.5, 0.6) is 0 Å². The first-order valence-corrected chi connectivity index (χ1v) is 6.54. The summed E-state index contributed by atoms with van der Waals surface area (Å²) in [6, 6.07) is 15.0. The average molecular weight is 242 g/mol. The molecule has 0 heterocycles. The van der Waals surface area contributed by atoms with Crippen LogP contribution in [-0.2, 0) is 0 Å². The summed E-state index contributed by atoms with van der Waals surface area (Å²) < 4.78 is 0. The van der Waals surface area contributed by atoms with Gasteiger partial charge in [-0.1, -0.05) is 63.2 Å². The largest absolute Gasteiger partial charge is 0.271 e. The van der Waals surface area contributed by atoms with Crippen molar-refractivity contribution in [1.82, 2.24) is 5.43 Å². The molecule has 96 valence electrons. The molecule has 2 nitrogen and oxygen atoms in total. The molecule has 0 spiro atoms. The minimum atomic E-state index is 0.124. The lowest BCUT2D eigenvalue weighted by Crippen LogP contribution is -2.38. The molecule has 0 aliphatic rings. The maximum Gasteiger partial charge on any atom is 0.0516 e. The van der Waals surface area contributed by atoms with E-state index in [4.69, 9.17) is 5.84 Å². The minimum absolute atomic E-state index is 0.124. The molecule has 0 aliphatic carbocycles. The molecule has 2 aromatic rings. The van der Waals surface area contributed by atoms with Gasteiger partial charge < -0.3 is 0 Å². The lowest BCUT2D eigenvalue weighted by atomic mass is 9.77. The van der Waals surface area contributed by atoms with Gasteiger partial charge in [-0.15, -0.1) is 0 Å². The number of hydrazine groups is 1. The lowest BCUT2D eigenvalue weighted by Gasteiger charge is -2.34. The van der Waals surface area contributed by atoms with E-state index in [-0.39, 0.29) is 11.5 Å². The molecule has 0 amide bonds. The quantitative estimate of drug-likeness (QED) is 0.632. The highest BCUT2D eigenvalue weighted by molar-refractivity contribution is 5.86. The van der Waals surface area contributed by atoms with Gasteiger partial charge in [-0.05, 0) is 28.2 Å². The topological polar surface area (TPSA) is 38.0 Å². The van der Waals surface area contributed by atoms with Crippen molar-refractivity contribution >= 4 is 10.8 Å². The predicted molar refractivity (Wildman–Crippen MR) is 78.1 cm³/mol. The highest BCUT2D eigenvalue weighted by atomic mass is 15.2. The molecule has 0 fully saturated rings. The molecule has 0 radical (unpaired) electrons. The van der Waals surface area contributed by atoms with E-state index >= 15 is 0 Å². The Balaban J connectivity index is 2.59. The summed E-state index contributed by atoms with van der Waals surface area (Å²) >= 11 is 0. The monoisotopic (exact) mass is 242 g/mol. The number of benzene rings is 2. The normalized spacial score (nSPS) is 13.8. The summed E-state index contributed by atoms with van der Waals surface area (Å²) in [5, 5.41) is 2.55. The Morgan fingerprint density at radius 1 is 1.11 bits per heavy atom. The van der Waals surface area contributed by atoms with Crippen LogP contribution in [0.2, 0.25) is 0 Å². The van der Waals surface area contributed by atoms with Crippen LogP contribution in [0.25, 0.3) is 10.8 Å². The van der Waals surface area contributed by atoms with Gasteiger partial charge in [0.2, 0.25) is 0 Å². The van der Waals surface area contributed by atoms with E-state index < -0.39 is 0 Å². The summed E-state index contributed by atoms with van der Waals surface area (Å²) in [5.74, 6) is 5.81. The molecule has 0 aromatic heterocycles. The fourth-order valence-electron chi connectivity index (χ4n) is 2.44. The first kappa shape index (κ1) is 13.1. The molecule has 0 saturated heterocycles. The van der Waals surface area contributed by atoms with Crippen molar-refractivity contribution in [3.8, 4) is 0 Å². The van der Waals surface area contributed by atoms with Gasteiger partial charge in [0.1, 0.15) is 0 Å². The van der Waals surface area contributed by atoms with Gasteiger partial charge in [-0.3, -0.25) is 11.3 Å². The smallest absolute Gasteiger partial charge is 0.0516 e. The Bertz CT molecular complexity index is 526. The van der Waals surface area contributed by atoms with E-state index in [1.807, 2.05) is 0 Å². The number of nitrogens with one attached hydrogen (secondary N) is 1. The summed E-state index contributed by atoms with van der Waals surface area (Å²) in [4.78, 5) is 0. The number of hydrogen-bond acceptors (Lipinski definition) is 2. The molecule has 1 atom stereocenters. The SMILES string of the molecule is CCC(C)(C)C(NN)c1cccc2ccccc12. The summed E-state index contributed by atoms with van der Waals surface area (Å²) in [5.41, 5.74) is 4.41. The van der Waals surface area contributed by atoms with Gasteiger partial charge in [0.25, 0.3) is 0 Å². The van der Waals surface area contributed by atoms with E-state index in [0.29, 0.717) is 0 Å². The van der Waals surface area contributed by atoms with Crippen LogP contribution in [0, 0.1) is 5.41 Å². The van der Waals surface area contributed by atoms with Gasteiger partial charge in [-0.25, -0.2) is 0 Å². The average Bonchev–Trinajstić information content (AvgIpc) is 2.39. The Kier molecular flexibility index (Phi) is 3.69. The number of rotatable bonds is 4. The Labute approximate surface area is 109 Å². The second-order valence-corrected chi connectivity index (χ2v) is 5.51. The van der Waals surface area contributed by atoms with Crippen molar-refractivity contribution in [3.63, 3.8) is 0 Å². The fourth-order valence-corrected chi connectivity index (χ4v) is 2.44. The molecule has 1 unspecified atom stereocenters. The predicted octanol–water partition coefficient (Wildman–Crippen LogP) is 3.78. The van der Waals surface area contributed by atoms with Crippen LogP contribution in [0.4, 0.5) is 0 Å². The Morgan fingerprint density at radius 2 is 1.78 bits per heavy atom. The van der Waals surface area contributed by atoms with E-state index in [1.165, 1.54) is 16.3 Å². The molecule has 0 aliphatic heterocycles. The van der Waals surface area contributed by atoms with Crippen molar-refractivity contribution in [3.05, 3.63) is 48.0 Å². The number of hydrogen-bond donors (Lipinski definition) is 2. The maximum atomic E-state index is 5.81. The van der Waals surface area contributed by atoms with Crippen molar-refractivity contribution in [2.45, 2.75) is 33.2 Å². The van der Waals surface area contributed by atoms with Gasteiger partial charge in [0.05, 0.1) is 6.04 Å². The number of fused-ring (bicyclic) bond motifs is 1. The zero-order valence-electron chi connectivity index (χ0n) is 11.4. The molecular formula is C16H22N2. The fraction of sp³-hybridized carbons (Fsp3) is 0.375. The number of nitrogens with two attached hydrogens (primary N) is 1. The second-order valence-electron chi connectivity index (χ2n) is 5.51. The van der Waals surface area contributed by atoms with Gasteiger partial charge in [0.15, 0.2) is 0 Å². The van der Waals surface area contributed by atoms with Crippen LogP contribution < -0.4 is 11.3 Å². The summed E-state index contributed by atoms with van der Waals surface area (Å²) in [6.07, 6.45) is 1.07. The van der Waals surface area contributed by atoms with Gasteiger partial charge in [-0.2, -0.15) is 0 Å². The Hall–Kier alpha value is -1.38. The third-order valence-electron chi connectivity index (χ3n) is 3.99. The third kappa shape index (κ3) is 2.26. The highest BCUT2D eigenvalue weighted by Crippen LogP contribution is 2.38. The van der Waals surface area contributed by atoms with Gasteiger partial charge in [0, 0.05) is 0 Å². The van der Waals surface area contributed by atoms with E-state index in [2.05, 4.69) is 68.7 Å². The van der Waals surface area contributed by atoms with Crippen molar-refractivity contribution in [2.75, 3.05) is 0 Å². The summed E-state index contributed by atoms with van der Waals surface area (Å²) in [6.45, 7) is 6.70. The van der Waals surface area contributed by atoms with E-state index in [9.17, 15) is 0 Å². The molecule has 3 N–H and O–H groups in total. The third-order valence-corrected chi connectivity index (χ3v) is 3.99. The maximum absolute atomic E-state index is 5.81. The second kappa shape index (κ2) is 5.09. The van der Waals surface area contributed by atoms with Crippen LogP contribution >= 0.6 is 0 Å². The zero-order chi connectivity index (χ0) is 13.2. The van der Waals surface area contributed by atoms with E-state index in [1.54, 1.807) is 0 Å². The molecular weight excluding hydrogens is 220 g/mol. The van der Waals surface area contributed by atoms with E-state index in [0.717, 1.165) is 6.42 Å². The molecule has 18 heavy (non-hydrogen) atoms. The van der Waals surface area contributed by atoms with Crippen molar-refractivity contribution in [1.29, 1.82) is 0 Å². The minimum Gasteiger partial charge on any atom is -0.271 e. The van der Waals surface area contributed by atoms with Crippen molar-refractivity contribution in [2.24, 2.45) is 11.3 Å². The van der Waals surface area contributed by atoms with Crippen LogP contribution in [0.15, 0.2) is 42.5 Å². The summed E-state index contributed by atoms with van der Waals surface area (Å²) in [7, 11) is 0. The first-order chi connectivity index (χ1) is 8.60.